The van der Waals surface area contributed by atoms with E-state index in [9.17, 15) is 0 Å². The van der Waals surface area contributed by atoms with Gasteiger partial charge in [0.2, 0.25) is 5.90 Å². The number of ether oxygens (including phenoxy) is 1. The zero-order chi connectivity index (χ0) is 15.0. The second-order valence-electron chi connectivity index (χ2n) is 4.12. The van der Waals surface area contributed by atoms with E-state index < -0.39 is 0 Å². The Kier molecular flexibility index (Phi) is 6.22. The van der Waals surface area contributed by atoms with Gasteiger partial charge >= 0.3 is 0 Å². The highest BCUT2D eigenvalue weighted by molar-refractivity contribution is 6.44. The molecular weight excluding hydrogens is 258 g/mol. The summed E-state index contributed by atoms with van der Waals surface area (Å²) in [5.74, 6) is -0.0746. The van der Waals surface area contributed by atoms with Crippen LogP contribution in [0.15, 0.2) is 34.6 Å². The predicted molar refractivity (Wildman–Crippen MR) is 78.3 cm³/mol. The van der Waals surface area contributed by atoms with Crippen LogP contribution in [-0.4, -0.2) is 31.5 Å². The van der Waals surface area contributed by atoms with Crippen molar-refractivity contribution >= 4 is 17.3 Å². The van der Waals surface area contributed by atoms with Crippen LogP contribution in [0.5, 0.6) is 0 Å². The summed E-state index contributed by atoms with van der Waals surface area (Å²) in [6.07, 6.45) is 0. The summed E-state index contributed by atoms with van der Waals surface area (Å²) in [4.78, 5) is 10.0. The third-order valence-corrected chi connectivity index (χ3v) is 2.34. The molecule has 0 aromatic heterocycles. The van der Waals surface area contributed by atoms with Crippen LogP contribution in [0.3, 0.4) is 0 Å². The van der Waals surface area contributed by atoms with Crippen LogP contribution in [0.2, 0.25) is 0 Å². The van der Waals surface area contributed by atoms with E-state index in [-0.39, 0.29) is 12.5 Å². The molecule has 0 bridgehead atoms. The van der Waals surface area contributed by atoms with E-state index in [1.165, 1.54) is 14.2 Å². The maximum Gasteiger partial charge on any atom is 0.236 e. The van der Waals surface area contributed by atoms with Gasteiger partial charge in [0.15, 0.2) is 5.71 Å². The summed E-state index contributed by atoms with van der Waals surface area (Å²) in [6, 6.07) is 7.43. The molecule has 0 radical (unpaired) electrons. The molecule has 1 aromatic carbocycles. The molecule has 0 fully saturated rings. The van der Waals surface area contributed by atoms with Gasteiger partial charge in [0.25, 0.3) is 0 Å². The third-order valence-electron chi connectivity index (χ3n) is 2.34. The maximum absolute atomic E-state index is 7.78. The van der Waals surface area contributed by atoms with Gasteiger partial charge in [-0.15, -0.1) is 0 Å². The molecule has 0 unspecified atom stereocenters. The second kappa shape index (κ2) is 7.93. The lowest BCUT2D eigenvalue weighted by atomic mass is 10.0. The predicted octanol–water partition coefficient (Wildman–Crippen LogP) is 2.57. The molecule has 0 atom stereocenters. The number of hydrogen-bond donors (Lipinski definition) is 1. The first kappa shape index (κ1) is 15.7. The molecule has 0 aliphatic heterocycles. The van der Waals surface area contributed by atoms with Gasteiger partial charge in [-0.25, -0.2) is 0 Å². The van der Waals surface area contributed by atoms with Crippen molar-refractivity contribution in [2.24, 2.45) is 10.3 Å². The first-order valence-electron chi connectivity index (χ1n) is 6.05. The van der Waals surface area contributed by atoms with Crippen LogP contribution >= 0.6 is 0 Å². The molecular formula is C14H19N3O3. The number of oxime groups is 2. The molecule has 0 spiro atoms. The summed E-state index contributed by atoms with van der Waals surface area (Å²) in [6.45, 7) is 3.98. The fourth-order valence-electron chi connectivity index (χ4n) is 1.51. The number of hydrogen-bond acceptors (Lipinski definition) is 6. The van der Waals surface area contributed by atoms with Gasteiger partial charge in [0, 0.05) is 11.1 Å². The van der Waals surface area contributed by atoms with Crippen molar-refractivity contribution in [1.29, 1.82) is 5.41 Å². The average Bonchev–Trinajstić information content (AvgIpc) is 2.44. The van der Waals surface area contributed by atoms with Crippen molar-refractivity contribution in [3.05, 3.63) is 35.4 Å². The zero-order valence-electron chi connectivity index (χ0n) is 12.1. The highest BCUT2D eigenvalue weighted by Gasteiger charge is 2.16. The van der Waals surface area contributed by atoms with Crippen LogP contribution < -0.4 is 0 Å². The Morgan fingerprint density at radius 3 is 2.45 bits per heavy atom. The molecule has 108 valence electrons. The Hall–Kier alpha value is -2.37. The van der Waals surface area contributed by atoms with Gasteiger partial charge in [-0.05, 0) is 13.8 Å². The van der Waals surface area contributed by atoms with Crippen molar-refractivity contribution < 1.29 is 14.4 Å². The van der Waals surface area contributed by atoms with Crippen LogP contribution in [-0.2, 0) is 21.0 Å². The minimum absolute atomic E-state index is 0.0746. The van der Waals surface area contributed by atoms with Crippen LogP contribution in [0.25, 0.3) is 0 Å². The molecule has 1 aromatic rings. The molecule has 0 heterocycles. The third kappa shape index (κ3) is 4.38. The normalized spacial score (nSPS) is 10.7. The molecule has 0 saturated carbocycles. The largest absolute Gasteiger partial charge is 0.480 e. The SMILES string of the molecule is CO/N=C(/C(=N)OC)c1ccccc1CON=C(C)C. The van der Waals surface area contributed by atoms with Gasteiger partial charge in [-0.3, -0.25) is 5.41 Å². The van der Waals surface area contributed by atoms with E-state index in [4.69, 9.17) is 19.8 Å². The summed E-state index contributed by atoms with van der Waals surface area (Å²) in [5.41, 5.74) is 2.70. The molecule has 1 rings (SSSR count). The number of nitrogens with zero attached hydrogens (tertiary/aromatic N) is 2. The molecule has 0 aliphatic carbocycles. The standard InChI is InChI=1S/C14H19N3O3/c1-10(2)16-20-9-11-7-5-6-8-12(11)13(17-19-4)14(15)18-3/h5-8,15H,9H2,1-4H3/b15-14?,17-13+. The summed E-state index contributed by atoms with van der Waals surface area (Å²) in [5, 5.41) is 15.5. The van der Waals surface area contributed by atoms with E-state index in [1.54, 1.807) is 0 Å². The van der Waals surface area contributed by atoms with Crippen LogP contribution in [0.1, 0.15) is 25.0 Å². The Bertz CT molecular complexity index is 520. The minimum Gasteiger partial charge on any atom is -0.480 e. The van der Waals surface area contributed by atoms with Gasteiger partial charge in [-0.2, -0.15) is 0 Å². The van der Waals surface area contributed by atoms with E-state index in [2.05, 4.69) is 10.3 Å². The zero-order valence-corrected chi connectivity index (χ0v) is 12.1. The Balaban J connectivity index is 3.07. The Labute approximate surface area is 118 Å². The molecule has 1 N–H and O–H groups in total. The van der Waals surface area contributed by atoms with E-state index in [0.717, 1.165) is 11.3 Å². The smallest absolute Gasteiger partial charge is 0.236 e. The number of nitrogens with one attached hydrogen (secondary N) is 1. The lowest BCUT2D eigenvalue weighted by Gasteiger charge is -2.11. The molecule has 6 heteroatoms. The van der Waals surface area contributed by atoms with E-state index >= 15 is 0 Å². The van der Waals surface area contributed by atoms with Crippen molar-refractivity contribution in [2.75, 3.05) is 14.2 Å². The lowest BCUT2D eigenvalue weighted by molar-refractivity contribution is 0.130. The fourth-order valence-corrected chi connectivity index (χ4v) is 1.51. The fraction of sp³-hybridized carbons (Fsp3) is 0.357. The monoisotopic (exact) mass is 277 g/mol. The maximum atomic E-state index is 7.78. The first-order chi connectivity index (χ1) is 9.60. The van der Waals surface area contributed by atoms with Crippen LogP contribution in [0, 0.1) is 5.41 Å². The van der Waals surface area contributed by atoms with Gasteiger partial charge < -0.3 is 14.4 Å². The molecule has 0 amide bonds. The first-order valence-corrected chi connectivity index (χ1v) is 6.05. The van der Waals surface area contributed by atoms with Crippen molar-refractivity contribution in [1.82, 2.24) is 0 Å². The van der Waals surface area contributed by atoms with E-state index in [0.29, 0.717) is 11.3 Å². The van der Waals surface area contributed by atoms with Crippen LogP contribution in [0.4, 0.5) is 0 Å². The lowest BCUT2D eigenvalue weighted by Crippen LogP contribution is -2.18. The Morgan fingerprint density at radius 2 is 1.85 bits per heavy atom. The highest BCUT2D eigenvalue weighted by Crippen LogP contribution is 2.13. The van der Waals surface area contributed by atoms with Crippen molar-refractivity contribution in [2.45, 2.75) is 20.5 Å². The number of rotatable bonds is 6. The quantitative estimate of drug-likeness (QED) is 0.493. The second-order valence-corrected chi connectivity index (χ2v) is 4.12. The van der Waals surface area contributed by atoms with E-state index in [1.807, 2.05) is 38.1 Å². The molecule has 0 aliphatic rings. The molecule has 6 nitrogen and oxygen atoms in total. The molecule has 0 saturated heterocycles. The molecule has 20 heavy (non-hydrogen) atoms. The van der Waals surface area contributed by atoms with Crippen molar-refractivity contribution in [3.63, 3.8) is 0 Å². The number of methoxy groups -OCH3 is 1. The summed E-state index contributed by atoms with van der Waals surface area (Å²) in [7, 11) is 2.84. The number of benzene rings is 1. The average molecular weight is 277 g/mol. The van der Waals surface area contributed by atoms with Gasteiger partial charge in [0.1, 0.15) is 13.7 Å². The van der Waals surface area contributed by atoms with Gasteiger partial charge in [-0.1, -0.05) is 34.6 Å². The van der Waals surface area contributed by atoms with Crippen molar-refractivity contribution in [3.8, 4) is 0 Å². The minimum atomic E-state index is -0.0746. The Morgan fingerprint density at radius 1 is 1.15 bits per heavy atom. The van der Waals surface area contributed by atoms with Gasteiger partial charge in [0.05, 0.1) is 12.8 Å². The highest BCUT2D eigenvalue weighted by atomic mass is 16.6. The summed E-state index contributed by atoms with van der Waals surface area (Å²) >= 11 is 0. The topological polar surface area (TPSA) is 76.3 Å². The summed E-state index contributed by atoms with van der Waals surface area (Å²) < 4.78 is 4.92.